The van der Waals surface area contributed by atoms with Gasteiger partial charge in [-0.25, -0.2) is 5.84 Å². The van der Waals surface area contributed by atoms with Gasteiger partial charge in [0.25, 0.3) is 5.91 Å². The van der Waals surface area contributed by atoms with Crippen molar-refractivity contribution in [2.24, 2.45) is 5.84 Å². The number of nitrogens with zero attached hydrogens (tertiary/aromatic N) is 1. The van der Waals surface area contributed by atoms with E-state index in [-0.39, 0.29) is 5.91 Å². The molecule has 0 aliphatic carbocycles. The largest absolute Gasteiger partial charge is 0.292 e. The van der Waals surface area contributed by atoms with Gasteiger partial charge in [0.1, 0.15) is 0 Å². The Kier molecular flexibility index (Phi) is 5.50. The highest BCUT2D eigenvalue weighted by Crippen LogP contribution is 2.20. The molecule has 2 aromatic rings. The lowest BCUT2D eigenvalue weighted by Gasteiger charge is -2.26. The maximum atomic E-state index is 11.5. The SMILES string of the molecule is CC(C)N(Cc1ccccc1)Cc1ccc(C(=O)NN)s1. The first-order chi connectivity index (χ1) is 10.1. The number of benzene rings is 1. The summed E-state index contributed by atoms with van der Waals surface area (Å²) in [4.78, 5) is 15.7. The molecule has 0 aliphatic heterocycles. The molecule has 21 heavy (non-hydrogen) atoms. The summed E-state index contributed by atoms with van der Waals surface area (Å²) >= 11 is 1.49. The van der Waals surface area contributed by atoms with Crippen LogP contribution >= 0.6 is 11.3 Å². The topological polar surface area (TPSA) is 58.4 Å². The number of rotatable bonds is 6. The van der Waals surface area contributed by atoms with E-state index in [1.54, 1.807) is 0 Å². The van der Waals surface area contributed by atoms with Gasteiger partial charge >= 0.3 is 0 Å². The van der Waals surface area contributed by atoms with E-state index in [0.717, 1.165) is 13.1 Å². The van der Waals surface area contributed by atoms with E-state index in [2.05, 4.69) is 48.4 Å². The van der Waals surface area contributed by atoms with Gasteiger partial charge in [-0.3, -0.25) is 15.1 Å². The van der Waals surface area contributed by atoms with Crippen molar-refractivity contribution in [3.8, 4) is 0 Å². The Balaban J connectivity index is 2.06. The first kappa shape index (κ1) is 15.7. The van der Waals surface area contributed by atoms with Crippen molar-refractivity contribution in [3.05, 3.63) is 57.8 Å². The Labute approximate surface area is 129 Å². The molecule has 0 bridgehead atoms. The van der Waals surface area contributed by atoms with Gasteiger partial charge in [-0.1, -0.05) is 30.3 Å². The molecule has 1 aromatic heterocycles. The van der Waals surface area contributed by atoms with Crippen LogP contribution in [0.15, 0.2) is 42.5 Å². The number of nitrogen functional groups attached to an aromatic ring is 1. The van der Waals surface area contributed by atoms with Crippen LogP contribution in [-0.2, 0) is 13.1 Å². The molecule has 0 radical (unpaired) electrons. The van der Waals surface area contributed by atoms with E-state index in [4.69, 9.17) is 5.84 Å². The predicted molar refractivity (Wildman–Crippen MR) is 86.8 cm³/mol. The first-order valence-electron chi connectivity index (χ1n) is 6.97. The van der Waals surface area contributed by atoms with E-state index in [1.807, 2.05) is 18.2 Å². The third-order valence-corrected chi connectivity index (χ3v) is 4.40. The summed E-state index contributed by atoms with van der Waals surface area (Å²) < 4.78 is 0. The van der Waals surface area contributed by atoms with Gasteiger partial charge in [0, 0.05) is 24.0 Å². The minimum absolute atomic E-state index is 0.231. The third-order valence-electron chi connectivity index (χ3n) is 3.33. The van der Waals surface area contributed by atoms with Crippen molar-refractivity contribution < 1.29 is 4.79 Å². The average Bonchev–Trinajstić information content (AvgIpc) is 2.95. The molecule has 0 aliphatic rings. The van der Waals surface area contributed by atoms with Crippen molar-refractivity contribution in [3.63, 3.8) is 0 Å². The van der Waals surface area contributed by atoms with Crippen LogP contribution in [0, 0.1) is 0 Å². The molecule has 0 spiro atoms. The number of thiophene rings is 1. The quantitative estimate of drug-likeness (QED) is 0.490. The Bertz CT molecular complexity index is 580. The molecule has 0 atom stereocenters. The van der Waals surface area contributed by atoms with Crippen LogP contribution in [0.4, 0.5) is 0 Å². The van der Waals surface area contributed by atoms with Crippen molar-refractivity contribution >= 4 is 17.2 Å². The third kappa shape index (κ3) is 4.39. The summed E-state index contributed by atoms with van der Waals surface area (Å²) in [6.07, 6.45) is 0. The fourth-order valence-corrected chi connectivity index (χ4v) is 3.03. The van der Waals surface area contributed by atoms with Crippen LogP contribution in [0.25, 0.3) is 0 Å². The monoisotopic (exact) mass is 303 g/mol. The van der Waals surface area contributed by atoms with Gasteiger partial charge in [-0.15, -0.1) is 11.3 Å². The number of amides is 1. The van der Waals surface area contributed by atoms with E-state index in [1.165, 1.54) is 21.8 Å². The number of nitrogens with one attached hydrogen (secondary N) is 1. The minimum Gasteiger partial charge on any atom is -0.292 e. The fourth-order valence-electron chi connectivity index (χ4n) is 2.10. The standard InChI is InChI=1S/C16H21N3OS/c1-12(2)19(10-13-6-4-3-5-7-13)11-14-8-9-15(21-14)16(20)18-17/h3-9,12H,10-11,17H2,1-2H3,(H,18,20). The van der Waals surface area contributed by atoms with E-state index < -0.39 is 0 Å². The van der Waals surface area contributed by atoms with Gasteiger partial charge < -0.3 is 0 Å². The molecule has 0 fully saturated rings. The molecule has 112 valence electrons. The van der Waals surface area contributed by atoms with Gasteiger partial charge in [0.05, 0.1) is 4.88 Å². The number of carbonyl (C=O) groups excluding carboxylic acids is 1. The zero-order chi connectivity index (χ0) is 15.2. The Morgan fingerprint density at radius 2 is 1.90 bits per heavy atom. The molecule has 5 heteroatoms. The van der Waals surface area contributed by atoms with E-state index in [0.29, 0.717) is 10.9 Å². The van der Waals surface area contributed by atoms with E-state index >= 15 is 0 Å². The van der Waals surface area contributed by atoms with Crippen LogP contribution in [0.1, 0.15) is 34.0 Å². The highest BCUT2D eigenvalue weighted by atomic mass is 32.1. The number of nitrogens with two attached hydrogens (primary N) is 1. The molecule has 0 saturated heterocycles. The summed E-state index contributed by atoms with van der Waals surface area (Å²) in [7, 11) is 0. The zero-order valence-electron chi connectivity index (χ0n) is 12.4. The zero-order valence-corrected chi connectivity index (χ0v) is 13.2. The minimum atomic E-state index is -0.231. The van der Waals surface area contributed by atoms with Crippen molar-refractivity contribution in [2.45, 2.75) is 33.0 Å². The molecule has 0 saturated carbocycles. The molecule has 0 unspecified atom stereocenters. The first-order valence-corrected chi connectivity index (χ1v) is 7.79. The summed E-state index contributed by atoms with van der Waals surface area (Å²) in [5.41, 5.74) is 3.46. The summed E-state index contributed by atoms with van der Waals surface area (Å²) in [5.74, 6) is 4.93. The maximum Gasteiger partial charge on any atom is 0.275 e. The van der Waals surface area contributed by atoms with Gasteiger partial charge in [-0.2, -0.15) is 0 Å². The lowest BCUT2D eigenvalue weighted by molar-refractivity contribution is 0.0957. The summed E-state index contributed by atoms with van der Waals surface area (Å²) in [6.45, 7) is 6.10. The lowest BCUT2D eigenvalue weighted by atomic mass is 10.2. The summed E-state index contributed by atoms with van der Waals surface area (Å²) in [6, 6.07) is 14.7. The number of hydrogen-bond donors (Lipinski definition) is 2. The highest BCUT2D eigenvalue weighted by Gasteiger charge is 2.14. The second-order valence-electron chi connectivity index (χ2n) is 5.22. The molecule has 2 rings (SSSR count). The Morgan fingerprint density at radius 1 is 1.19 bits per heavy atom. The highest BCUT2D eigenvalue weighted by molar-refractivity contribution is 7.14. The fraction of sp³-hybridized carbons (Fsp3) is 0.312. The van der Waals surface area contributed by atoms with Gasteiger partial charge in [-0.05, 0) is 31.5 Å². The smallest absolute Gasteiger partial charge is 0.275 e. The molecule has 3 N–H and O–H groups in total. The molecule has 1 aromatic carbocycles. The second-order valence-corrected chi connectivity index (χ2v) is 6.39. The predicted octanol–water partition coefficient (Wildman–Crippen LogP) is 2.76. The lowest BCUT2D eigenvalue weighted by Crippen LogP contribution is -2.29. The number of carbonyl (C=O) groups is 1. The van der Waals surface area contributed by atoms with Crippen LogP contribution in [0.2, 0.25) is 0 Å². The molecule has 1 heterocycles. The Morgan fingerprint density at radius 3 is 2.52 bits per heavy atom. The summed E-state index contributed by atoms with van der Waals surface area (Å²) in [5, 5.41) is 0. The average molecular weight is 303 g/mol. The molecule has 1 amide bonds. The van der Waals surface area contributed by atoms with Crippen molar-refractivity contribution in [1.29, 1.82) is 0 Å². The van der Waals surface area contributed by atoms with Crippen LogP contribution in [0.3, 0.4) is 0 Å². The normalized spacial score (nSPS) is 11.1. The Hall–Kier alpha value is -1.69. The number of hydrogen-bond acceptors (Lipinski definition) is 4. The molecular formula is C16H21N3OS. The van der Waals surface area contributed by atoms with Gasteiger partial charge in [0.15, 0.2) is 0 Å². The maximum absolute atomic E-state index is 11.5. The van der Waals surface area contributed by atoms with E-state index in [9.17, 15) is 4.79 Å². The van der Waals surface area contributed by atoms with Gasteiger partial charge in [0.2, 0.25) is 0 Å². The van der Waals surface area contributed by atoms with Crippen LogP contribution in [0.5, 0.6) is 0 Å². The number of hydrazine groups is 1. The van der Waals surface area contributed by atoms with Crippen LogP contribution < -0.4 is 11.3 Å². The van der Waals surface area contributed by atoms with Crippen molar-refractivity contribution in [2.75, 3.05) is 0 Å². The second kappa shape index (κ2) is 7.36. The molecular weight excluding hydrogens is 282 g/mol. The van der Waals surface area contributed by atoms with Crippen LogP contribution in [-0.4, -0.2) is 16.8 Å². The van der Waals surface area contributed by atoms with Crippen molar-refractivity contribution in [1.82, 2.24) is 10.3 Å². The molecule has 4 nitrogen and oxygen atoms in total.